The van der Waals surface area contributed by atoms with Gasteiger partial charge >= 0.3 is 0 Å². The molecule has 1 heterocycles. The fourth-order valence-corrected chi connectivity index (χ4v) is 4.01. The average molecular weight is 438 g/mol. The summed E-state index contributed by atoms with van der Waals surface area (Å²) in [5, 5.41) is 9.31. The maximum absolute atomic E-state index is 11.4. The van der Waals surface area contributed by atoms with Crippen LogP contribution in [0, 0.1) is 12.3 Å². The van der Waals surface area contributed by atoms with Crippen molar-refractivity contribution in [2.75, 3.05) is 12.4 Å². The third kappa shape index (κ3) is 4.23. The van der Waals surface area contributed by atoms with Gasteiger partial charge in [-0.25, -0.2) is 9.97 Å². The number of nitrogens with zero attached hydrogens (tertiary/aromatic N) is 2. The maximum Gasteiger partial charge on any atom is 0.295 e. The Bertz CT molecular complexity index is 1390. The van der Waals surface area contributed by atoms with Crippen LogP contribution in [0.2, 0.25) is 0 Å². The Morgan fingerprint density at radius 3 is 2.67 bits per heavy atom. The molecule has 33 heavy (non-hydrogen) atoms. The lowest BCUT2D eigenvalue weighted by molar-refractivity contribution is -0.117. The number of carbonyl (C=O) groups is 1. The first-order valence-corrected chi connectivity index (χ1v) is 10.7. The Labute approximate surface area is 191 Å². The highest BCUT2D eigenvalue weighted by Crippen LogP contribution is 2.37. The number of terminal acetylenes is 1. The van der Waals surface area contributed by atoms with Gasteiger partial charge in [-0.3, -0.25) is 4.79 Å². The lowest BCUT2D eigenvalue weighted by Gasteiger charge is -2.35. The van der Waals surface area contributed by atoms with Crippen molar-refractivity contribution >= 4 is 39.1 Å². The van der Waals surface area contributed by atoms with Crippen LogP contribution in [-0.2, 0) is 4.79 Å². The van der Waals surface area contributed by atoms with Crippen molar-refractivity contribution in [2.24, 2.45) is 0 Å². The SMILES string of the molecule is C#CC(=O)NC1CC(Oc2cc3c(Nc4ccc5ccccc5c4)ncnc3cc2OC)C1. The summed E-state index contributed by atoms with van der Waals surface area (Å²) < 4.78 is 11.7. The molecule has 0 atom stereocenters. The van der Waals surface area contributed by atoms with Crippen molar-refractivity contribution in [1.29, 1.82) is 0 Å². The highest BCUT2D eigenvalue weighted by molar-refractivity contribution is 5.94. The van der Waals surface area contributed by atoms with Crippen molar-refractivity contribution in [3.63, 3.8) is 0 Å². The van der Waals surface area contributed by atoms with Crippen LogP contribution in [0.4, 0.5) is 11.5 Å². The van der Waals surface area contributed by atoms with E-state index >= 15 is 0 Å². The highest BCUT2D eigenvalue weighted by Gasteiger charge is 2.32. The van der Waals surface area contributed by atoms with Gasteiger partial charge in [0.1, 0.15) is 18.2 Å². The van der Waals surface area contributed by atoms with Gasteiger partial charge in [-0.05, 0) is 34.9 Å². The van der Waals surface area contributed by atoms with Gasteiger partial charge in [0.25, 0.3) is 5.91 Å². The molecule has 1 aliphatic rings. The molecule has 1 aromatic heterocycles. The number of anilines is 2. The Hall–Kier alpha value is -4.31. The third-order valence-electron chi connectivity index (χ3n) is 5.79. The van der Waals surface area contributed by atoms with Crippen LogP contribution in [0.1, 0.15) is 12.8 Å². The zero-order valence-corrected chi connectivity index (χ0v) is 18.0. The summed E-state index contributed by atoms with van der Waals surface area (Å²) in [6.07, 6.45) is 7.97. The van der Waals surface area contributed by atoms with Crippen molar-refractivity contribution in [2.45, 2.75) is 25.0 Å². The minimum absolute atomic E-state index is 0.0264. The fraction of sp³-hybridized carbons (Fsp3) is 0.192. The molecule has 2 N–H and O–H groups in total. The molecule has 1 saturated carbocycles. The van der Waals surface area contributed by atoms with Gasteiger partial charge < -0.3 is 20.1 Å². The number of amides is 1. The Kier molecular flexibility index (Phi) is 5.41. The molecule has 0 unspecified atom stereocenters. The number of fused-ring (bicyclic) bond motifs is 2. The highest BCUT2D eigenvalue weighted by atomic mass is 16.5. The smallest absolute Gasteiger partial charge is 0.295 e. The zero-order valence-electron chi connectivity index (χ0n) is 18.0. The zero-order chi connectivity index (χ0) is 22.8. The normalized spacial score (nSPS) is 17.1. The number of methoxy groups -OCH3 is 1. The lowest BCUT2D eigenvalue weighted by Crippen LogP contribution is -2.48. The first-order chi connectivity index (χ1) is 16.1. The van der Waals surface area contributed by atoms with E-state index in [4.69, 9.17) is 15.9 Å². The molecule has 4 aromatic rings. The van der Waals surface area contributed by atoms with E-state index in [1.54, 1.807) is 7.11 Å². The third-order valence-corrected chi connectivity index (χ3v) is 5.79. The molecule has 164 valence electrons. The summed E-state index contributed by atoms with van der Waals surface area (Å²) in [5.74, 6) is 3.54. The molecular formula is C26H22N4O3. The van der Waals surface area contributed by atoms with Gasteiger partial charge in [0, 0.05) is 36.0 Å². The first kappa shape index (κ1) is 20.6. The molecule has 0 saturated heterocycles. The second-order valence-electron chi connectivity index (χ2n) is 7.96. The largest absolute Gasteiger partial charge is 0.493 e. The molecule has 3 aromatic carbocycles. The van der Waals surface area contributed by atoms with Gasteiger partial charge in [-0.1, -0.05) is 30.3 Å². The van der Waals surface area contributed by atoms with E-state index in [0.717, 1.165) is 22.0 Å². The number of rotatable bonds is 6. The van der Waals surface area contributed by atoms with Crippen LogP contribution in [0.25, 0.3) is 21.7 Å². The molecule has 0 radical (unpaired) electrons. The van der Waals surface area contributed by atoms with E-state index in [1.807, 2.05) is 30.3 Å². The van der Waals surface area contributed by atoms with Crippen molar-refractivity contribution in [1.82, 2.24) is 15.3 Å². The summed E-state index contributed by atoms with van der Waals surface area (Å²) in [6.45, 7) is 0. The standard InChI is InChI=1S/C26H22N4O3/c1-3-25(31)29-19-11-20(12-19)33-24-13-21-22(14-23(24)32-2)27-15-28-26(21)30-18-9-8-16-6-4-5-7-17(16)10-18/h1,4-10,13-15,19-20H,11-12H2,2H3,(H,29,31)(H,27,28,30). The van der Waals surface area contributed by atoms with Crippen LogP contribution in [0.15, 0.2) is 60.9 Å². The average Bonchev–Trinajstić information content (AvgIpc) is 2.82. The van der Waals surface area contributed by atoms with Crippen molar-refractivity contribution < 1.29 is 14.3 Å². The van der Waals surface area contributed by atoms with Crippen molar-refractivity contribution in [3.05, 3.63) is 60.9 Å². The second kappa shape index (κ2) is 8.67. The Balaban J connectivity index is 1.41. The molecule has 5 rings (SSSR count). The number of ether oxygens (including phenoxy) is 2. The van der Waals surface area contributed by atoms with Gasteiger partial charge in [0.05, 0.1) is 12.6 Å². The summed E-state index contributed by atoms with van der Waals surface area (Å²) in [4.78, 5) is 20.2. The van der Waals surface area contributed by atoms with Crippen LogP contribution in [0.3, 0.4) is 0 Å². The van der Waals surface area contributed by atoms with E-state index < -0.39 is 5.91 Å². The topological polar surface area (TPSA) is 85.4 Å². The predicted octanol–water partition coefficient (Wildman–Crippen LogP) is 4.19. The van der Waals surface area contributed by atoms with Gasteiger partial charge in [0.2, 0.25) is 0 Å². The molecule has 1 fully saturated rings. The number of carbonyl (C=O) groups excluding carboxylic acids is 1. The molecule has 0 spiro atoms. The van der Waals surface area contributed by atoms with E-state index in [2.05, 4.69) is 50.8 Å². The number of aromatic nitrogens is 2. The molecule has 0 bridgehead atoms. The van der Waals surface area contributed by atoms with Crippen LogP contribution >= 0.6 is 0 Å². The van der Waals surface area contributed by atoms with E-state index in [1.165, 1.54) is 11.7 Å². The molecule has 7 nitrogen and oxygen atoms in total. The van der Waals surface area contributed by atoms with Gasteiger partial charge in [-0.2, -0.15) is 0 Å². The van der Waals surface area contributed by atoms with E-state index in [0.29, 0.717) is 30.2 Å². The Morgan fingerprint density at radius 1 is 1.06 bits per heavy atom. The minimum atomic E-state index is -0.400. The maximum atomic E-state index is 11.4. The van der Waals surface area contributed by atoms with Crippen LogP contribution in [0.5, 0.6) is 11.5 Å². The molecular weight excluding hydrogens is 416 g/mol. The first-order valence-electron chi connectivity index (χ1n) is 10.7. The quantitative estimate of drug-likeness (QED) is 0.439. The molecule has 0 aliphatic heterocycles. The fourth-order valence-electron chi connectivity index (χ4n) is 4.01. The summed E-state index contributed by atoms with van der Waals surface area (Å²) >= 11 is 0. The predicted molar refractivity (Wildman–Crippen MR) is 128 cm³/mol. The van der Waals surface area contributed by atoms with Crippen molar-refractivity contribution in [3.8, 4) is 23.8 Å². The number of benzene rings is 3. The Morgan fingerprint density at radius 2 is 1.88 bits per heavy atom. The lowest BCUT2D eigenvalue weighted by atomic mass is 9.89. The van der Waals surface area contributed by atoms with E-state index in [9.17, 15) is 4.79 Å². The summed E-state index contributed by atoms with van der Waals surface area (Å²) in [5.41, 5.74) is 1.67. The second-order valence-corrected chi connectivity index (χ2v) is 7.96. The minimum Gasteiger partial charge on any atom is -0.493 e. The van der Waals surface area contributed by atoms with Gasteiger partial charge in [-0.15, -0.1) is 6.42 Å². The number of hydrogen-bond donors (Lipinski definition) is 2. The molecule has 1 aliphatic carbocycles. The van der Waals surface area contributed by atoms with Crippen LogP contribution < -0.4 is 20.1 Å². The molecule has 7 heteroatoms. The summed E-state index contributed by atoms with van der Waals surface area (Å²) in [7, 11) is 1.60. The number of hydrogen-bond acceptors (Lipinski definition) is 6. The van der Waals surface area contributed by atoms with Crippen LogP contribution in [-0.4, -0.2) is 35.1 Å². The summed E-state index contributed by atoms with van der Waals surface area (Å²) in [6, 6.07) is 18.1. The van der Waals surface area contributed by atoms with E-state index in [-0.39, 0.29) is 12.1 Å². The number of nitrogens with one attached hydrogen (secondary N) is 2. The molecule has 1 amide bonds. The van der Waals surface area contributed by atoms with Gasteiger partial charge in [0.15, 0.2) is 11.5 Å². The monoisotopic (exact) mass is 438 g/mol.